The number of fused-ring (bicyclic) bond motifs is 3. The van der Waals surface area contributed by atoms with Gasteiger partial charge in [-0.15, -0.1) is 0 Å². The third-order valence-corrected chi connectivity index (χ3v) is 3.26. The second-order valence-corrected chi connectivity index (χ2v) is 4.14. The van der Waals surface area contributed by atoms with E-state index in [0.29, 0.717) is 0 Å². The van der Waals surface area contributed by atoms with Gasteiger partial charge in [0.05, 0.1) is 5.56 Å². The number of hydrogen-bond acceptors (Lipinski definition) is 1. The molecule has 0 aromatic heterocycles. The molecule has 2 aromatic rings. The summed E-state index contributed by atoms with van der Waals surface area (Å²) in [6.07, 6.45) is 0. The van der Waals surface area contributed by atoms with Crippen molar-refractivity contribution in [3.8, 4) is 0 Å². The summed E-state index contributed by atoms with van der Waals surface area (Å²) in [7, 11) is 0. The van der Waals surface area contributed by atoms with Gasteiger partial charge in [-0.2, -0.15) is 0 Å². The van der Waals surface area contributed by atoms with Crippen LogP contribution in [0.1, 0.15) is 22.8 Å². The highest BCUT2D eigenvalue weighted by Crippen LogP contribution is 2.29. The first kappa shape index (κ1) is 9.40. The Morgan fingerprint density at radius 1 is 1.19 bits per heavy atom. The fourth-order valence-electron chi connectivity index (χ4n) is 2.39. The molecule has 1 aliphatic rings. The van der Waals surface area contributed by atoms with Crippen molar-refractivity contribution in [2.24, 2.45) is 0 Å². The lowest BCUT2D eigenvalue weighted by Gasteiger charge is -2.11. The Hall–Kier alpha value is -1.83. The fourth-order valence-corrected chi connectivity index (χ4v) is 2.39. The normalized spacial score (nSPS) is 14.6. The van der Waals surface area contributed by atoms with Gasteiger partial charge in [-0.1, -0.05) is 36.4 Å². The van der Waals surface area contributed by atoms with E-state index in [2.05, 4.69) is 18.2 Å². The number of hydrogen-bond donors (Lipinski definition) is 0. The van der Waals surface area contributed by atoms with Gasteiger partial charge in [0, 0.05) is 13.1 Å². The SMILES string of the molecule is CCN1Cc2ccc3ccccc3c2C1=O. The molecule has 1 aliphatic heterocycles. The monoisotopic (exact) mass is 211 g/mol. The number of rotatable bonds is 1. The lowest BCUT2D eigenvalue weighted by molar-refractivity contribution is 0.0788. The molecule has 0 bridgehead atoms. The van der Waals surface area contributed by atoms with Gasteiger partial charge < -0.3 is 4.90 Å². The van der Waals surface area contributed by atoms with Crippen LogP contribution in [-0.2, 0) is 6.54 Å². The molecule has 3 rings (SSSR count). The number of benzene rings is 2. The maximum absolute atomic E-state index is 12.2. The van der Waals surface area contributed by atoms with E-state index >= 15 is 0 Å². The highest BCUT2D eigenvalue weighted by Gasteiger charge is 2.27. The van der Waals surface area contributed by atoms with Crippen molar-refractivity contribution < 1.29 is 4.79 Å². The van der Waals surface area contributed by atoms with Crippen LogP contribution in [0, 0.1) is 0 Å². The van der Waals surface area contributed by atoms with Gasteiger partial charge in [-0.25, -0.2) is 0 Å². The molecule has 0 saturated carbocycles. The Balaban J connectivity index is 2.30. The van der Waals surface area contributed by atoms with Crippen molar-refractivity contribution in [1.29, 1.82) is 0 Å². The molecule has 1 heterocycles. The standard InChI is InChI=1S/C14H13NO/c1-2-15-9-11-8-7-10-5-3-4-6-12(10)13(11)14(15)16/h3-8H,2,9H2,1H3. The molecule has 0 unspecified atom stereocenters. The van der Waals surface area contributed by atoms with E-state index in [4.69, 9.17) is 0 Å². The van der Waals surface area contributed by atoms with E-state index in [9.17, 15) is 4.79 Å². The Morgan fingerprint density at radius 2 is 2.00 bits per heavy atom. The van der Waals surface area contributed by atoms with Crippen LogP contribution in [0.3, 0.4) is 0 Å². The highest BCUT2D eigenvalue weighted by molar-refractivity contribution is 6.10. The molecule has 0 fully saturated rings. The minimum atomic E-state index is 0.175. The summed E-state index contributed by atoms with van der Waals surface area (Å²) in [5, 5.41) is 2.23. The Morgan fingerprint density at radius 3 is 2.81 bits per heavy atom. The lowest BCUT2D eigenvalue weighted by Crippen LogP contribution is -2.23. The molecular weight excluding hydrogens is 198 g/mol. The topological polar surface area (TPSA) is 20.3 Å². The first-order chi connectivity index (χ1) is 7.81. The second kappa shape index (κ2) is 3.34. The van der Waals surface area contributed by atoms with Crippen molar-refractivity contribution in [1.82, 2.24) is 4.90 Å². The van der Waals surface area contributed by atoms with Crippen LogP contribution in [0.2, 0.25) is 0 Å². The summed E-state index contributed by atoms with van der Waals surface area (Å²) >= 11 is 0. The summed E-state index contributed by atoms with van der Waals surface area (Å²) < 4.78 is 0. The smallest absolute Gasteiger partial charge is 0.255 e. The highest BCUT2D eigenvalue weighted by atomic mass is 16.2. The molecule has 0 radical (unpaired) electrons. The maximum atomic E-state index is 12.2. The molecule has 16 heavy (non-hydrogen) atoms. The number of nitrogens with zero attached hydrogens (tertiary/aromatic N) is 1. The quantitative estimate of drug-likeness (QED) is 0.710. The lowest BCUT2D eigenvalue weighted by atomic mass is 10.0. The molecule has 0 aliphatic carbocycles. The van der Waals surface area contributed by atoms with Crippen LogP contribution >= 0.6 is 0 Å². The largest absolute Gasteiger partial charge is 0.335 e. The molecule has 0 atom stereocenters. The predicted molar refractivity (Wildman–Crippen MR) is 64.4 cm³/mol. The van der Waals surface area contributed by atoms with E-state index in [1.165, 1.54) is 0 Å². The zero-order valence-corrected chi connectivity index (χ0v) is 9.23. The van der Waals surface area contributed by atoms with E-state index in [0.717, 1.165) is 35.0 Å². The van der Waals surface area contributed by atoms with Gasteiger partial charge in [0.2, 0.25) is 0 Å². The van der Waals surface area contributed by atoms with Crippen LogP contribution in [0.4, 0.5) is 0 Å². The molecule has 80 valence electrons. The van der Waals surface area contributed by atoms with E-state index in [1.54, 1.807) is 0 Å². The molecule has 0 saturated heterocycles. The minimum Gasteiger partial charge on any atom is -0.335 e. The Bertz CT molecular complexity index is 574. The molecule has 0 spiro atoms. The summed E-state index contributed by atoms with van der Waals surface area (Å²) in [5.74, 6) is 0.175. The average Bonchev–Trinajstić information content (AvgIpc) is 2.66. The Labute approximate surface area is 94.5 Å². The van der Waals surface area contributed by atoms with Crippen LogP contribution in [0.15, 0.2) is 36.4 Å². The number of carbonyl (C=O) groups is 1. The maximum Gasteiger partial charge on any atom is 0.255 e. The zero-order valence-electron chi connectivity index (χ0n) is 9.23. The average molecular weight is 211 g/mol. The van der Waals surface area contributed by atoms with Gasteiger partial charge >= 0.3 is 0 Å². The predicted octanol–water partition coefficient (Wildman–Crippen LogP) is 2.82. The van der Waals surface area contributed by atoms with Crippen molar-refractivity contribution >= 4 is 16.7 Å². The van der Waals surface area contributed by atoms with Crippen molar-refractivity contribution in [2.75, 3.05) is 6.54 Å². The van der Waals surface area contributed by atoms with Gasteiger partial charge in [0.1, 0.15) is 0 Å². The molecule has 2 nitrogen and oxygen atoms in total. The van der Waals surface area contributed by atoms with Crippen LogP contribution in [0.25, 0.3) is 10.8 Å². The van der Waals surface area contributed by atoms with Crippen LogP contribution in [-0.4, -0.2) is 17.4 Å². The van der Waals surface area contributed by atoms with Gasteiger partial charge in [-0.3, -0.25) is 4.79 Å². The summed E-state index contributed by atoms with van der Waals surface area (Å²) in [6, 6.07) is 12.3. The second-order valence-electron chi connectivity index (χ2n) is 4.14. The third kappa shape index (κ3) is 1.16. The molecule has 1 amide bonds. The summed E-state index contributed by atoms with van der Waals surface area (Å²) in [4.78, 5) is 14.1. The van der Waals surface area contributed by atoms with E-state index < -0.39 is 0 Å². The first-order valence-electron chi connectivity index (χ1n) is 5.61. The van der Waals surface area contributed by atoms with Gasteiger partial charge in [0.25, 0.3) is 5.91 Å². The van der Waals surface area contributed by atoms with E-state index in [1.807, 2.05) is 30.0 Å². The first-order valence-corrected chi connectivity index (χ1v) is 5.61. The fraction of sp³-hybridized carbons (Fsp3) is 0.214. The summed E-state index contributed by atoms with van der Waals surface area (Å²) in [5.41, 5.74) is 2.06. The summed E-state index contributed by atoms with van der Waals surface area (Å²) in [6.45, 7) is 3.56. The van der Waals surface area contributed by atoms with Gasteiger partial charge in [-0.05, 0) is 23.3 Å². The van der Waals surface area contributed by atoms with Crippen LogP contribution < -0.4 is 0 Å². The van der Waals surface area contributed by atoms with Crippen molar-refractivity contribution in [3.05, 3.63) is 47.5 Å². The van der Waals surface area contributed by atoms with Crippen molar-refractivity contribution in [2.45, 2.75) is 13.5 Å². The minimum absolute atomic E-state index is 0.175. The van der Waals surface area contributed by atoms with Crippen molar-refractivity contribution in [3.63, 3.8) is 0 Å². The molecule has 2 aromatic carbocycles. The zero-order chi connectivity index (χ0) is 11.1. The van der Waals surface area contributed by atoms with Gasteiger partial charge in [0.15, 0.2) is 0 Å². The van der Waals surface area contributed by atoms with E-state index in [-0.39, 0.29) is 5.91 Å². The Kier molecular flexibility index (Phi) is 1.96. The molecule has 0 N–H and O–H groups in total. The third-order valence-electron chi connectivity index (χ3n) is 3.26. The number of carbonyl (C=O) groups excluding carboxylic acids is 1. The van der Waals surface area contributed by atoms with Crippen LogP contribution in [0.5, 0.6) is 0 Å². The number of amides is 1. The molecule has 2 heteroatoms. The molecular formula is C14H13NO.